The summed E-state index contributed by atoms with van der Waals surface area (Å²) in [5.74, 6) is -5.87. The minimum absolute atomic E-state index is 0.114. The topological polar surface area (TPSA) is 70.4 Å². The van der Waals surface area contributed by atoms with Crippen LogP contribution in [0.5, 0.6) is 5.75 Å². The van der Waals surface area contributed by atoms with Crippen LogP contribution in [0.15, 0.2) is 41.0 Å². The quantitative estimate of drug-likeness (QED) is 0.191. The van der Waals surface area contributed by atoms with Crippen molar-refractivity contribution in [2.75, 3.05) is 0 Å². The molecule has 3 rings (SSSR count). The molecule has 1 heterocycles. The minimum Gasteiger partial charge on any atom is -0.451 e. The highest BCUT2D eigenvalue weighted by Crippen LogP contribution is 2.34. The number of imidazole rings is 1. The Morgan fingerprint density at radius 3 is 2.29 bits per heavy atom. The molecule has 3 aromatic rings. The summed E-state index contributed by atoms with van der Waals surface area (Å²) in [7, 11) is 0. The van der Waals surface area contributed by atoms with Gasteiger partial charge in [0.25, 0.3) is 6.47 Å². The van der Waals surface area contributed by atoms with Crippen LogP contribution in [0.1, 0.15) is 33.5 Å². The number of nitrogens with zero attached hydrogens (tertiary/aromatic N) is 2. The van der Waals surface area contributed by atoms with Crippen LogP contribution in [-0.2, 0) is 15.7 Å². The molecule has 0 fully saturated rings. The van der Waals surface area contributed by atoms with Gasteiger partial charge < -0.3 is 14.0 Å². The molecule has 0 amide bonds. The van der Waals surface area contributed by atoms with Gasteiger partial charge in [-0.2, -0.15) is 22.0 Å². The number of aryl methyl sites for hydroxylation is 1. The molecule has 14 heteroatoms. The number of aromatic nitrogens is 2. The fourth-order valence-electron chi connectivity index (χ4n) is 3.19. The van der Waals surface area contributed by atoms with Gasteiger partial charge in [-0.3, -0.25) is 9.59 Å². The highest BCUT2D eigenvalue weighted by Gasteiger charge is 2.35. The Morgan fingerprint density at radius 2 is 1.77 bits per heavy atom. The molecule has 0 saturated heterocycles. The molecular weight excluding hydrogens is 557 g/mol. The lowest BCUT2D eigenvalue weighted by molar-refractivity contribution is -0.141. The zero-order chi connectivity index (χ0) is 26.1. The number of rotatable bonds is 8. The number of benzene rings is 2. The molecule has 1 aromatic heterocycles. The Balaban J connectivity index is 2.13. The van der Waals surface area contributed by atoms with Crippen molar-refractivity contribution < 1.29 is 49.8 Å². The van der Waals surface area contributed by atoms with Crippen LogP contribution < -0.4 is 4.74 Å². The molecule has 2 aromatic carbocycles. The van der Waals surface area contributed by atoms with Crippen molar-refractivity contribution in [2.24, 2.45) is 0 Å². The predicted molar refractivity (Wildman–Crippen MR) is 108 cm³/mol. The van der Waals surface area contributed by atoms with E-state index in [4.69, 9.17) is 4.74 Å². The van der Waals surface area contributed by atoms with Crippen molar-refractivity contribution in [3.8, 4) is 11.4 Å². The fourth-order valence-corrected chi connectivity index (χ4v) is 3.55. The monoisotopic (exact) mass is 568 g/mol. The van der Waals surface area contributed by atoms with Crippen molar-refractivity contribution in [1.82, 2.24) is 9.55 Å². The van der Waals surface area contributed by atoms with Gasteiger partial charge in [-0.25, -0.2) is 13.8 Å². The van der Waals surface area contributed by atoms with Crippen molar-refractivity contribution in [2.45, 2.75) is 25.8 Å². The van der Waals surface area contributed by atoms with Crippen LogP contribution in [0.3, 0.4) is 0 Å². The maximum absolute atomic E-state index is 14.2. The molecule has 6 nitrogen and oxygen atoms in total. The molecule has 0 aliphatic heterocycles. The van der Waals surface area contributed by atoms with Crippen LogP contribution in [-0.4, -0.2) is 28.4 Å². The van der Waals surface area contributed by atoms with E-state index in [0.717, 1.165) is 4.57 Å². The first-order valence-corrected chi connectivity index (χ1v) is 10.1. The second-order valence-corrected chi connectivity index (χ2v) is 7.79. The zero-order valence-electron chi connectivity index (χ0n) is 17.2. The standard InChI is InChI=1S/C21H12BrF7N2O4/c1-9-30-16(21(27,28)29)7-31(9)15-3-2-11(22)6-12(15)17(33)18(34-8-32)10-4-13(23)19(14(24)5-10)35-20(25)26/h2-8,18,20H,1H3. The van der Waals surface area contributed by atoms with Crippen molar-refractivity contribution in [3.05, 3.63) is 75.3 Å². The molecule has 0 bridgehead atoms. The molecular formula is C21H12BrF7N2O4. The summed E-state index contributed by atoms with van der Waals surface area (Å²) in [5.41, 5.74) is -2.25. The van der Waals surface area contributed by atoms with Crippen LogP contribution in [0.4, 0.5) is 30.7 Å². The number of carbonyl (C=O) groups is 2. The van der Waals surface area contributed by atoms with E-state index in [-0.39, 0.29) is 23.5 Å². The first-order valence-electron chi connectivity index (χ1n) is 9.33. The summed E-state index contributed by atoms with van der Waals surface area (Å²) in [4.78, 5) is 27.8. The van der Waals surface area contributed by atoms with Crippen LogP contribution in [0, 0.1) is 18.6 Å². The largest absolute Gasteiger partial charge is 0.451 e. The second kappa shape index (κ2) is 10.1. The molecule has 0 aliphatic carbocycles. The molecule has 0 radical (unpaired) electrons. The van der Waals surface area contributed by atoms with Gasteiger partial charge in [0.2, 0.25) is 5.78 Å². The van der Waals surface area contributed by atoms with Crippen LogP contribution in [0.2, 0.25) is 0 Å². The van der Waals surface area contributed by atoms with E-state index in [0.29, 0.717) is 22.8 Å². The summed E-state index contributed by atoms with van der Waals surface area (Å²) < 4.78 is 102. The van der Waals surface area contributed by atoms with Gasteiger partial charge >= 0.3 is 12.8 Å². The molecule has 35 heavy (non-hydrogen) atoms. The molecule has 0 spiro atoms. The van der Waals surface area contributed by atoms with Gasteiger partial charge in [-0.15, -0.1) is 0 Å². The fraction of sp³-hybridized carbons (Fsp3) is 0.190. The molecule has 0 aliphatic rings. The number of ether oxygens (including phenoxy) is 2. The van der Waals surface area contributed by atoms with Crippen LogP contribution in [0.25, 0.3) is 5.69 Å². The molecule has 186 valence electrons. The van der Waals surface area contributed by atoms with E-state index >= 15 is 0 Å². The third kappa shape index (κ3) is 5.63. The zero-order valence-corrected chi connectivity index (χ0v) is 18.8. The normalized spacial score (nSPS) is 12.5. The Morgan fingerprint density at radius 1 is 1.14 bits per heavy atom. The summed E-state index contributed by atoms with van der Waals surface area (Å²) in [6.45, 7) is -2.49. The Hall–Kier alpha value is -3.42. The first-order chi connectivity index (χ1) is 16.3. The lowest BCUT2D eigenvalue weighted by Crippen LogP contribution is -2.19. The van der Waals surface area contributed by atoms with Gasteiger partial charge in [0.15, 0.2) is 29.2 Å². The predicted octanol–water partition coefficient (Wildman–Crippen LogP) is 5.94. The van der Waals surface area contributed by atoms with E-state index in [1.807, 2.05) is 0 Å². The summed E-state index contributed by atoms with van der Waals surface area (Å²) in [6.07, 6.45) is -6.13. The summed E-state index contributed by atoms with van der Waals surface area (Å²) in [6, 6.07) is 4.77. The van der Waals surface area contributed by atoms with E-state index in [2.05, 4.69) is 25.7 Å². The Bertz CT molecular complexity index is 1250. The van der Waals surface area contributed by atoms with E-state index in [1.54, 1.807) is 0 Å². The third-order valence-corrected chi connectivity index (χ3v) is 5.11. The first kappa shape index (κ1) is 26.2. The average molecular weight is 569 g/mol. The molecule has 1 unspecified atom stereocenters. The van der Waals surface area contributed by atoms with Gasteiger partial charge in [0.05, 0.1) is 5.69 Å². The van der Waals surface area contributed by atoms with Crippen molar-refractivity contribution >= 4 is 28.2 Å². The second-order valence-electron chi connectivity index (χ2n) is 6.87. The third-order valence-electron chi connectivity index (χ3n) is 4.62. The van der Waals surface area contributed by atoms with E-state index < -0.39 is 53.3 Å². The maximum atomic E-state index is 14.2. The average Bonchev–Trinajstić information content (AvgIpc) is 3.15. The lowest BCUT2D eigenvalue weighted by Gasteiger charge is -2.19. The van der Waals surface area contributed by atoms with Gasteiger partial charge in [0.1, 0.15) is 5.82 Å². The number of Topliss-reactive ketones (excluding diaryl/α,β-unsaturated/α-hetero) is 1. The Labute approximate surface area is 200 Å². The van der Waals surface area contributed by atoms with E-state index in [1.165, 1.54) is 25.1 Å². The van der Waals surface area contributed by atoms with Crippen molar-refractivity contribution in [3.63, 3.8) is 0 Å². The minimum atomic E-state index is -4.78. The summed E-state index contributed by atoms with van der Waals surface area (Å²) >= 11 is 3.12. The highest BCUT2D eigenvalue weighted by molar-refractivity contribution is 9.10. The van der Waals surface area contributed by atoms with E-state index in [9.17, 15) is 40.3 Å². The van der Waals surface area contributed by atoms with Crippen LogP contribution >= 0.6 is 15.9 Å². The smallest absolute Gasteiger partial charge is 0.434 e. The van der Waals surface area contributed by atoms with Gasteiger partial charge in [-0.1, -0.05) is 15.9 Å². The number of halogens is 8. The maximum Gasteiger partial charge on any atom is 0.434 e. The lowest BCUT2D eigenvalue weighted by atomic mass is 9.97. The SMILES string of the molecule is Cc1nc(C(F)(F)F)cn1-c1ccc(Br)cc1C(=O)C(OC=O)c1cc(F)c(OC(F)F)c(F)c1. The van der Waals surface area contributed by atoms with Crippen molar-refractivity contribution in [1.29, 1.82) is 0 Å². The highest BCUT2D eigenvalue weighted by atomic mass is 79.9. The number of carbonyl (C=O) groups excluding carboxylic acids is 2. The molecule has 0 N–H and O–H groups in total. The molecule has 0 saturated carbocycles. The number of ketones is 1. The number of hydrogen-bond donors (Lipinski definition) is 0. The number of hydrogen-bond acceptors (Lipinski definition) is 5. The molecule has 1 atom stereocenters. The van der Waals surface area contributed by atoms with Gasteiger partial charge in [0, 0.05) is 21.8 Å². The summed E-state index contributed by atoms with van der Waals surface area (Å²) in [5, 5.41) is 0. The number of alkyl halides is 5. The Kier molecular flexibility index (Phi) is 7.53. The van der Waals surface area contributed by atoms with Gasteiger partial charge in [-0.05, 0) is 37.3 Å².